The fourth-order valence-corrected chi connectivity index (χ4v) is 2.81. The van der Waals surface area contributed by atoms with Crippen molar-refractivity contribution < 1.29 is 9.53 Å². The Morgan fingerprint density at radius 1 is 1.03 bits per heavy atom. The van der Waals surface area contributed by atoms with Crippen LogP contribution in [0.15, 0.2) is 66.7 Å². The predicted octanol–water partition coefficient (Wildman–Crippen LogP) is 4.99. The Labute approximate surface area is 175 Å². The average Bonchev–Trinajstić information content (AvgIpc) is 2.75. The minimum absolute atomic E-state index is 0.298. The van der Waals surface area contributed by atoms with Gasteiger partial charge in [0.05, 0.1) is 17.0 Å². The van der Waals surface area contributed by atoms with Gasteiger partial charge >= 0.3 is 0 Å². The summed E-state index contributed by atoms with van der Waals surface area (Å²) in [6.45, 7) is 3.61. The normalized spacial score (nSPS) is 10.5. The van der Waals surface area contributed by atoms with Crippen LogP contribution >= 0.6 is 0 Å². The molecule has 0 heterocycles. The van der Waals surface area contributed by atoms with Crippen LogP contribution in [0.25, 0.3) is 0 Å². The third kappa shape index (κ3) is 4.57. The molecule has 0 aliphatic carbocycles. The second-order valence-electron chi connectivity index (χ2n) is 7.27. The Morgan fingerprint density at radius 3 is 2.53 bits per heavy atom. The Hall–Kier alpha value is -4.29. The molecule has 3 aromatic carbocycles. The Bertz CT molecular complexity index is 1190. The fraction of sp³-hybridized carbons (Fsp3) is 0.125. The van der Waals surface area contributed by atoms with E-state index < -0.39 is 5.41 Å². The number of nitrogens with one attached hydrogen (secondary N) is 1. The standard InChI is InChI=1S/C24H20N4O2/c1-24(2,15-26)18-6-3-5-16(11-18)23(29)28-20-7-4-8-21(13-20)30-22-10-9-19(27)12-17(22)14-25/h3-13H,27H2,1-2H3,(H,28,29). The summed E-state index contributed by atoms with van der Waals surface area (Å²) in [5, 5.41) is 21.4. The molecule has 0 saturated heterocycles. The number of nitrogens with zero attached hydrogens (tertiary/aromatic N) is 2. The monoisotopic (exact) mass is 396 g/mol. The van der Waals surface area contributed by atoms with Crippen LogP contribution in [0, 0.1) is 22.7 Å². The van der Waals surface area contributed by atoms with Crippen LogP contribution in [0.5, 0.6) is 11.5 Å². The molecule has 0 aliphatic rings. The van der Waals surface area contributed by atoms with Gasteiger partial charge in [-0.15, -0.1) is 0 Å². The number of amides is 1. The quantitative estimate of drug-likeness (QED) is 0.590. The van der Waals surface area contributed by atoms with Crippen molar-refractivity contribution in [2.75, 3.05) is 11.1 Å². The Balaban J connectivity index is 1.79. The lowest BCUT2D eigenvalue weighted by Gasteiger charge is -2.16. The number of benzene rings is 3. The maximum absolute atomic E-state index is 12.7. The molecule has 6 heteroatoms. The molecule has 0 fully saturated rings. The maximum Gasteiger partial charge on any atom is 0.255 e. The molecule has 0 aliphatic heterocycles. The minimum atomic E-state index is -0.693. The fourth-order valence-electron chi connectivity index (χ4n) is 2.81. The first-order chi connectivity index (χ1) is 14.3. The molecular weight excluding hydrogens is 376 g/mol. The van der Waals surface area contributed by atoms with Crippen LogP contribution in [0.3, 0.4) is 0 Å². The first-order valence-corrected chi connectivity index (χ1v) is 9.23. The van der Waals surface area contributed by atoms with E-state index in [2.05, 4.69) is 11.4 Å². The summed E-state index contributed by atoms with van der Waals surface area (Å²) in [5.41, 5.74) is 7.56. The molecule has 0 radical (unpaired) electrons. The summed E-state index contributed by atoms with van der Waals surface area (Å²) < 4.78 is 5.80. The van der Waals surface area contributed by atoms with Crippen LogP contribution in [0.1, 0.15) is 35.3 Å². The van der Waals surface area contributed by atoms with Crippen molar-refractivity contribution in [3.05, 3.63) is 83.4 Å². The van der Waals surface area contributed by atoms with Crippen molar-refractivity contribution in [2.45, 2.75) is 19.3 Å². The highest BCUT2D eigenvalue weighted by molar-refractivity contribution is 6.04. The molecule has 1 amide bonds. The van der Waals surface area contributed by atoms with Gasteiger partial charge in [-0.2, -0.15) is 10.5 Å². The van der Waals surface area contributed by atoms with Crippen LogP contribution in [-0.2, 0) is 5.41 Å². The number of anilines is 2. The number of rotatable bonds is 5. The van der Waals surface area contributed by atoms with Crippen molar-refractivity contribution in [2.24, 2.45) is 0 Å². The lowest BCUT2D eigenvalue weighted by atomic mass is 9.85. The summed E-state index contributed by atoms with van der Waals surface area (Å²) in [6.07, 6.45) is 0. The van der Waals surface area contributed by atoms with E-state index in [1.165, 1.54) is 6.07 Å². The summed E-state index contributed by atoms with van der Waals surface area (Å²) >= 11 is 0. The van der Waals surface area contributed by atoms with Crippen LogP contribution in [-0.4, -0.2) is 5.91 Å². The van der Waals surface area contributed by atoms with Gasteiger partial charge < -0.3 is 15.8 Å². The molecule has 148 valence electrons. The molecule has 0 spiro atoms. The van der Waals surface area contributed by atoms with E-state index in [0.717, 1.165) is 5.56 Å². The number of hydrogen-bond donors (Lipinski definition) is 2. The second-order valence-corrected chi connectivity index (χ2v) is 7.27. The molecular formula is C24H20N4O2. The third-order valence-electron chi connectivity index (χ3n) is 4.57. The number of nitriles is 2. The van der Waals surface area contributed by atoms with Gasteiger partial charge in [-0.05, 0) is 61.9 Å². The molecule has 3 aromatic rings. The highest BCUT2D eigenvalue weighted by atomic mass is 16.5. The number of nitrogens with two attached hydrogens (primary N) is 1. The van der Waals surface area contributed by atoms with E-state index in [1.54, 1.807) is 68.4 Å². The van der Waals surface area contributed by atoms with Gasteiger partial charge in [0, 0.05) is 23.0 Å². The van der Waals surface area contributed by atoms with Gasteiger partial charge in [0.25, 0.3) is 5.91 Å². The van der Waals surface area contributed by atoms with Gasteiger partial charge in [0.15, 0.2) is 0 Å². The van der Waals surface area contributed by atoms with Crippen molar-refractivity contribution in [1.82, 2.24) is 0 Å². The molecule has 6 nitrogen and oxygen atoms in total. The van der Waals surface area contributed by atoms with E-state index in [1.807, 2.05) is 12.1 Å². The molecule has 3 rings (SSSR count). The number of carbonyl (C=O) groups excluding carboxylic acids is 1. The largest absolute Gasteiger partial charge is 0.456 e. The second kappa shape index (κ2) is 8.38. The Morgan fingerprint density at radius 2 is 1.80 bits per heavy atom. The first kappa shape index (κ1) is 20.4. The lowest BCUT2D eigenvalue weighted by molar-refractivity contribution is 0.102. The summed E-state index contributed by atoms with van der Waals surface area (Å²) in [4.78, 5) is 12.7. The van der Waals surface area contributed by atoms with Crippen LogP contribution < -0.4 is 15.8 Å². The highest BCUT2D eigenvalue weighted by Crippen LogP contribution is 2.29. The van der Waals surface area contributed by atoms with Gasteiger partial charge in [0.2, 0.25) is 0 Å². The zero-order valence-corrected chi connectivity index (χ0v) is 16.6. The van der Waals surface area contributed by atoms with Crippen molar-refractivity contribution in [1.29, 1.82) is 10.5 Å². The molecule has 3 N–H and O–H groups in total. The Kier molecular flexibility index (Phi) is 5.71. The first-order valence-electron chi connectivity index (χ1n) is 9.23. The number of carbonyl (C=O) groups is 1. The summed E-state index contributed by atoms with van der Waals surface area (Å²) in [5.74, 6) is 0.544. The van der Waals surface area contributed by atoms with Crippen LogP contribution in [0.4, 0.5) is 11.4 Å². The summed E-state index contributed by atoms with van der Waals surface area (Å²) in [7, 11) is 0. The lowest BCUT2D eigenvalue weighted by Crippen LogP contribution is -2.17. The molecule has 0 saturated carbocycles. The number of ether oxygens (including phenoxy) is 1. The molecule has 0 unspecified atom stereocenters. The highest BCUT2D eigenvalue weighted by Gasteiger charge is 2.21. The van der Waals surface area contributed by atoms with E-state index in [4.69, 9.17) is 10.5 Å². The smallest absolute Gasteiger partial charge is 0.255 e. The zero-order valence-electron chi connectivity index (χ0n) is 16.6. The molecule has 0 aromatic heterocycles. The van der Waals surface area contributed by atoms with Crippen molar-refractivity contribution in [3.8, 4) is 23.6 Å². The SMILES string of the molecule is CC(C)(C#N)c1cccc(C(=O)Nc2cccc(Oc3ccc(N)cc3C#N)c2)c1. The van der Waals surface area contributed by atoms with Gasteiger partial charge in [-0.25, -0.2) is 0 Å². The maximum atomic E-state index is 12.7. The van der Waals surface area contributed by atoms with Crippen molar-refractivity contribution >= 4 is 17.3 Å². The van der Waals surface area contributed by atoms with E-state index >= 15 is 0 Å². The predicted molar refractivity (Wildman–Crippen MR) is 115 cm³/mol. The van der Waals surface area contributed by atoms with E-state index in [9.17, 15) is 15.3 Å². The van der Waals surface area contributed by atoms with Crippen LogP contribution in [0.2, 0.25) is 0 Å². The summed E-state index contributed by atoms with van der Waals surface area (Å²) in [6, 6.07) is 23.0. The molecule has 30 heavy (non-hydrogen) atoms. The van der Waals surface area contributed by atoms with E-state index in [-0.39, 0.29) is 5.91 Å². The number of nitrogen functional groups attached to an aromatic ring is 1. The van der Waals surface area contributed by atoms with Gasteiger partial charge in [-0.1, -0.05) is 18.2 Å². The topological polar surface area (TPSA) is 112 Å². The zero-order chi connectivity index (χ0) is 21.7. The minimum Gasteiger partial charge on any atom is -0.456 e. The van der Waals surface area contributed by atoms with Gasteiger partial charge in [-0.3, -0.25) is 4.79 Å². The molecule has 0 atom stereocenters. The number of hydrogen-bond acceptors (Lipinski definition) is 5. The molecule has 0 bridgehead atoms. The van der Waals surface area contributed by atoms with E-state index in [0.29, 0.717) is 34.0 Å². The average molecular weight is 396 g/mol. The van der Waals surface area contributed by atoms with Crippen molar-refractivity contribution in [3.63, 3.8) is 0 Å². The third-order valence-corrected chi connectivity index (χ3v) is 4.57. The van der Waals surface area contributed by atoms with Gasteiger partial charge in [0.1, 0.15) is 17.6 Å².